The molecule has 1 N–H and O–H groups in total. The molecule has 2 amide bonds. The van der Waals surface area contributed by atoms with E-state index in [1.165, 1.54) is 32.1 Å². The molecule has 202 valence electrons. The van der Waals surface area contributed by atoms with E-state index in [2.05, 4.69) is 17.3 Å². The highest BCUT2D eigenvalue weighted by Crippen LogP contribution is 2.40. The Labute approximate surface area is 231 Å². The van der Waals surface area contributed by atoms with Crippen molar-refractivity contribution in [1.82, 2.24) is 10.2 Å². The van der Waals surface area contributed by atoms with Crippen LogP contribution in [0.25, 0.3) is 6.08 Å². The predicted molar refractivity (Wildman–Crippen MR) is 156 cm³/mol. The zero-order valence-corrected chi connectivity index (χ0v) is 22.8. The molecule has 1 saturated carbocycles. The summed E-state index contributed by atoms with van der Waals surface area (Å²) < 4.78 is 6.05. The van der Waals surface area contributed by atoms with Gasteiger partial charge < -0.3 is 15.0 Å². The number of para-hydroxylation sites is 2. The van der Waals surface area contributed by atoms with Gasteiger partial charge in [0.2, 0.25) is 0 Å². The first-order valence-corrected chi connectivity index (χ1v) is 14.0. The first kappa shape index (κ1) is 26.7. The Balaban J connectivity index is 1.26. The van der Waals surface area contributed by atoms with Crippen LogP contribution in [-0.2, 0) is 4.79 Å². The minimum Gasteiger partial charge on any atom is -0.449 e. The number of nitrogens with zero attached hydrogens (tertiary/aromatic N) is 2. The summed E-state index contributed by atoms with van der Waals surface area (Å²) in [6, 6.07) is 25.3. The minimum absolute atomic E-state index is 0.0898. The van der Waals surface area contributed by atoms with Crippen molar-refractivity contribution in [2.75, 3.05) is 25.0 Å². The number of carbonyl (C=O) groups is 2. The molecule has 0 aromatic heterocycles. The van der Waals surface area contributed by atoms with Crippen molar-refractivity contribution in [3.63, 3.8) is 0 Å². The van der Waals surface area contributed by atoms with Crippen LogP contribution in [-0.4, -0.2) is 42.9 Å². The first-order chi connectivity index (χ1) is 19.0. The SMILES string of the molecule is CC(c1ccccc1)N1C(=O)/C(=C\c2ccc(C(=O)NCCN(C)C3CCCCC3)cc2)Oc2ccccc21. The second kappa shape index (κ2) is 12.3. The van der Waals surface area contributed by atoms with Gasteiger partial charge in [0.25, 0.3) is 11.8 Å². The summed E-state index contributed by atoms with van der Waals surface area (Å²) in [5.41, 5.74) is 3.18. The first-order valence-electron chi connectivity index (χ1n) is 14.0. The van der Waals surface area contributed by atoms with Gasteiger partial charge in [0, 0.05) is 24.7 Å². The molecule has 0 saturated heterocycles. The molecule has 1 fully saturated rings. The molecular formula is C33H37N3O3. The lowest BCUT2D eigenvalue weighted by atomic mass is 9.94. The number of nitrogens with one attached hydrogen (secondary N) is 1. The van der Waals surface area contributed by atoms with Crippen molar-refractivity contribution in [2.24, 2.45) is 0 Å². The molecule has 6 nitrogen and oxygen atoms in total. The predicted octanol–water partition coefficient (Wildman–Crippen LogP) is 6.21. The van der Waals surface area contributed by atoms with Gasteiger partial charge in [-0.3, -0.25) is 14.5 Å². The van der Waals surface area contributed by atoms with E-state index in [-0.39, 0.29) is 23.6 Å². The average molecular weight is 524 g/mol. The summed E-state index contributed by atoms with van der Waals surface area (Å²) in [5.74, 6) is 0.599. The Morgan fingerprint density at radius 1 is 1.00 bits per heavy atom. The third-order valence-electron chi connectivity index (χ3n) is 7.86. The number of carbonyl (C=O) groups excluding carboxylic acids is 2. The molecular weight excluding hydrogens is 486 g/mol. The molecule has 0 spiro atoms. The Hall–Kier alpha value is -3.90. The molecule has 1 atom stereocenters. The highest BCUT2D eigenvalue weighted by molar-refractivity contribution is 6.10. The van der Waals surface area contributed by atoms with Crippen molar-refractivity contribution in [3.8, 4) is 5.75 Å². The van der Waals surface area contributed by atoms with Crippen molar-refractivity contribution in [3.05, 3.63) is 101 Å². The fourth-order valence-corrected chi connectivity index (χ4v) is 5.52. The van der Waals surface area contributed by atoms with Gasteiger partial charge in [0.05, 0.1) is 11.7 Å². The van der Waals surface area contributed by atoms with Gasteiger partial charge in [-0.1, -0.05) is 73.9 Å². The molecule has 0 bridgehead atoms. The molecule has 1 aliphatic carbocycles. The number of fused-ring (bicyclic) bond motifs is 1. The minimum atomic E-state index is -0.200. The lowest BCUT2D eigenvalue weighted by Gasteiger charge is -2.35. The largest absolute Gasteiger partial charge is 0.449 e. The number of likely N-dealkylation sites (N-methyl/N-ethyl adjacent to an activating group) is 1. The highest BCUT2D eigenvalue weighted by Gasteiger charge is 2.34. The van der Waals surface area contributed by atoms with E-state index in [0.29, 0.717) is 23.9 Å². The van der Waals surface area contributed by atoms with Gasteiger partial charge in [0.15, 0.2) is 11.5 Å². The van der Waals surface area contributed by atoms with Crippen LogP contribution in [0.2, 0.25) is 0 Å². The normalized spacial score (nSPS) is 17.6. The van der Waals surface area contributed by atoms with E-state index in [4.69, 9.17) is 4.74 Å². The molecule has 1 aliphatic heterocycles. The molecule has 3 aromatic carbocycles. The van der Waals surface area contributed by atoms with Crippen LogP contribution in [0.3, 0.4) is 0 Å². The van der Waals surface area contributed by atoms with E-state index in [1.807, 2.05) is 73.7 Å². The van der Waals surface area contributed by atoms with E-state index < -0.39 is 0 Å². The van der Waals surface area contributed by atoms with Crippen LogP contribution >= 0.6 is 0 Å². The van der Waals surface area contributed by atoms with Gasteiger partial charge in [-0.25, -0.2) is 0 Å². The van der Waals surface area contributed by atoms with Crippen molar-refractivity contribution < 1.29 is 14.3 Å². The molecule has 6 heteroatoms. The zero-order chi connectivity index (χ0) is 27.2. The topological polar surface area (TPSA) is 61.9 Å². The maximum atomic E-state index is 13.6. The van der Waals surface area contributed by atoms with E-state index in [1.54, 1.807) is 23.1 Å². The number of ether oxygens (including phenoxy) is 1. The molecule has 1 unspecified atom stereocenters. The van der Waals surface area contributed by atoms with Gasteiger partial charge in [-0.15, -0.1) is 0 Å². The quantitative estimate of drug-likeness (QED) is 0.357. The van der Waals surface area contributed by atoms with Crippen LogP contribution in [0.4, 0.5) is 5.69 Å². The molecule has 2 aliphatic rings. The Morgan fingerprint density at radius 3 is 2.44 bits per heavy atom. The third kappa shape index (κ3) is 6.23. The second-order valence-corrected chi connectivity index (χ2v) is 10.5. The molecule has 5 rings (SSSR count). The third-order valence-corrected chi connectivity index (χ3v) is 7.86. The Morgan fingerprint density at radius 2 is 1.69 bits per heavy atom. The van der Waals surface area contributed by atoms with Crippen LogP contribution in [0, 0.1) is 0 Å². The maximum absolute atomic E-state index is 13.6. The lowest BCUT2D eigenvalue weighted by molar-refractivity contribution is -0.118. The Bertz CT molecular complexity index is 1310. The second-order valence-electron chi connectivity index (χ2n) is 10.5. The average Bonchev–Trinajstić information content (AvgIpc) is 2.98. The van der Waals surface area contributed by atoms with E-state index in [0.717, 1.165) is 23.4 Å². The standard InChI is InChI=1S/C33H37N3O3/c1-24(26-11-5-3-6-12-26)36-29-15-9-10-16-30(29)39-31(33(36)38)23-25-17-19-27(20-18-25)32(37)34-21-22-35(2)28-13-7-4-8-14-28/h3,5-6,9-12,15-20,23-24,28H,4,7-8,13-14,21-22H2,1-2H3,(H,34,37)/b31-23+. The van der Waals surface area contributed by atoms with Crippen molar-refractivity contribution in [1.29, 1.82) is 0 Å². The number of hydrogen-bond acceptors (Lipinski definition) is 4. The lowest BCUT2D eigenvalue weighted by Crippen LogP contribution is -2.39. The van der Waals surface area contributed by atoms with Crippen molar-refractivity contribution >= 4 is 23.6 Å². The fourth-order valence-electron chi connectivity index (χ4n) is 5.52. The van der Waals surface area contributed by atoms with Gasteiger partial charge >= 0.3 is 0 Å². The van der Waals surface area contributed by atoms with Crippen LogP contribution in [0.1, 0.15) is 66.6 Å². The maximum Gasteiger partial charge on any atom is 0.294 e. The Kier molecular flexibility index (Phi) is 8.42. The monoisotopic (exact) mass is 523 g/mol. The highest BCUT2D eigenvalue weighted by atomic mass is 16.5. The summed E-state index contributed by atoms with van der Waals surface area (Å²) in [5, 5.41) is 3.04. The van der Waals surface area contributed by atoms with Crippen LogP contribution in [0.15, 0.2) is 84.6 Å². The molecule has 39 heavy (non-hydrogen) atoms. The molecule has 1 heterocycles. The summed E-state index contributed by atoms with van der Waals surface area (Å²) in [6.07, 6.45) is 8.19. The van der Waals surface area contributed by atoms with E-state index >= 15 is 0 Å². The van der Waals surface area contributed by atoms with Crippen LogP contribution in [0.5, 0.6) is 5.75 Å². The summed E-state index contributed by atoms with van der Waals surface area (Å²) >= 11 is 0. The number of hydrogen-bond donors (Lipinski definition) is 1. The smallest absolute Gasteiger partial charge is 0.294 e. The number of benzene rings is 3. The van der Waals surface area contributed by atoms with Gasteiger partial charge in [-0.2, -0.15) is 0 Å². The zero-order valence-electron chi connectivity index (χ0n) is 22.8. The number of rotatable bonds is 8. The van der Waals surface area contributed by atoms with Crippen molar-refractivity contribution in [2.45, 2.75) is 51.1 Å². The number of anilines is 1. The van der Waals surface area contributed by atoms with E-state index in [9.17, 15) is 9.59 Å². The van der Waals surface area contributed by atoms with Gasteiger partial charge in [-0.05, 0) is 68.3 Å². The van der Waals surface area contributed by atoms with Crippen LogP contribution < -0.4 is 15.0 Å². The number of amides is 2. The summed E-state index contributed by atoms with van der Waals surface area (Å²) in [7, 11) is 2.15. The molecule has 3 aromatic rings. The van der Waals surface area contributed by atoms with Gasteiger partial charge in [0.1, 0.15) is 0 Å². The summed E-state index contributed by atoms with van der Waals surface area (Å²) in [6.45, 7) is 3.49. The molecule has 0 radical (unpaired) electrons. The summed E-state index contributed by atoms with van der Waals surface area (Å²) in [4.78, 5) is 30.5. The fraction of sp³-hybridized carbons (Fsp3) is 0.333.